The van der Waals surface area contributed by atoms with Crippen LogP contribution in [0.5, 0.6) is 0 Å². The first kappa shape index (κ1) is 40.4. The molecule has 1 N–H and O–H groups in total. The van der Waals surface area contributed by atoms with E-state index in [9.17, 15) is 14.0 Å². The molecule has 1 saturated heterocycles. The Hall–Kier alpha value is -5.83. The molecule has 2 atom stereocenters. The lowest BCUT2D eigenvalue weighted by molar-refractivity contribution is -0.300. The number of nitrogens with zero attached hydrogens (tertiary/aromatic N) is 2. The van der Waals surface area contributed by atoms with Gasteiger partial charge in [-0.1, -0.05) is 123 Å². The largest absolute Gasteiger partial charge is 0.347 e. The summed E-state index contributed by atoms with van der Waals surface area (Å²) in [4.78, 5) is 30.6. The molecule has 0 spiro atoms. The molecule has 2 unspecified atom stereocenters. The fraction of sp³-hybridized carbons (Fsp3) is 0.280. The summed E-state index contributed by atoms with van der Waals surface area (Å²) in [5, 5.41) is 3.16. The average Bonchev–Trinajstić information content (AvgIpc) is 3.57. The predicted molar refractivity (Wildman–Crippen MR) is 229 cm³/mol. The van der Waals surface area contributed by atoms with Gasteiger partial charge in [0.05, 0.1) is 29.9 Å². The van der Waals surface area contributed by atoms with Crippen molar-refractivity contribution in [3.8, 4) is 22.4 Å². The molecule has 58 heavy (non-hydrogen) atoms. The summed E-state index contributed by atoms with van der Waals surface area (Å²) in [5.41, 5.74) is 7.60. The Balaban J connectivity index is 1.21. The van der Waals surface area contributed by atoms with Gasteiger partial charge in [-0.25, -0.2) is 4.39 Å². The number of nitrogens with one attached hydrogen (secondary N) is 1. The van der Waals surface area contributed by atoms with Crippen LogP contribution < -0.4 is 5.32 Å². The maximum atomic E-state index is 14.5. The van der Waals surface area contributed by atoms with Crippen molar-refractivity contribution in [3.63, 3.8) is 0 Å². The van der Waals surface area contributed by atoms with Gasteiger partial charge >= 0.3 is 0 Å². The third kappa shape index (κ3) is 9.81. The van der Waals surface area contributed by atoms with E-state index in [1.54, 1.807) is 12.1 Å². The number of hydrogen-bond acceptors (Lipinski definition) is 4. The van der Waals surface area contributed by atoms with Crippen molar-refractivity contribution in [1.29, 1.82) is 0 Å². The number of carbonyl (C=O) groups is 2. The zero-order valence-corrected chi connectivity index (χ0v) is 33.7. The fourth-order valence-corrected chi connectivity index (χ4v) is 8.17. The van der Waals surface area contributed by atoms with Crippen LogP contribution in [0.1, 0.15) is 80.1 Å². The molecular weight excluding hydrogens is 726 g/mol. The van der Waals surface area contributed by atoms with Crippen LogP contribution in [0.4, 0.5) is 10.1 Å². The lowest BCUT2D eigenvalue weighted by atomic mass is 9.94. The quantitative estimate of drug-likeness (QED) is 0.120. The van der Waals surface area contributed by atoms with Crippen LogP contribution in [0.2, 0.25) is 0 Å². The molecule has 0 saturated carbocycles. The van der Waals surface area contributed by atoms with E-state index in [2.05, 4.69) is 23.7 Å². The van der Waals surface area contributed by atoms with Crippen molar-refractivity contribution in [2.45, 2.75) is 90.5 Å². The molecule has 1 aliphatic heterocycles. The number of ether oxygens (including phenoxy) is 2. The van der Waals surface area contributed by atoms with Gasteiger partial charge in [-0.2, -0.15) is 0 Å². The fourth-order valence-electron chi connectivity index (χ4n) is 8.17. The van der Waals surface area contributed by atoms with E-state index in [0.717, 1.165) is 39.2 Å². The number of halogens is 1. The summed E-state index contributed by atoms with van der Waals surface area (Å²) in [5.74, 6) is -1.51. The number of aromatic nitrogens is 1. The standard InChI is InChI=1S/C50H52FN3O4/c1-35(2)47-46(49(56)52-41-23-15-8-16-24-41)45(38-21-13-7-14-22-38)48(39-25-27-40(51)28-26-39)54(47)30-29-42-31-43(58-50(3,4)57-42)32-44(55)53(33-36-17-9-5-10-18-36)34-37-19-11-6-12-20-37/h5-28,35,42-43H,29-34H2,1-4H3,(H,52,56). The second-order valence-corrected chi connectivity index (χ2v) is 15.8. The summed E-state index contributed by atoms with van der Waals surface area (Å²) >= 11 is 0. The Kier molecular flexibility index (Phi) is 12.7. The lowest BCUT2D eigenvalue weighted by Crippen LogP contribution is -2.46. The van der Waals surface area contributed by atoms with E-state index in [-0.39, 0.29) is 42.2 Å². The zero-order chi connectivity index (χ0) is 40.6. The van der Waals surface area contributed by atoms with E-state index in [4.69, 9.17) is 9.47 Å². The van der Waals surface area contributed by atoms with E-state index >= 15 is 0 Å². The Morgan fingerprint density at radius 3 is 1.84 bits per heavy atom. The third-order valence-corrected chi connectivity index (χ3v) is 10.6. The maximum Gasteiger partial charge on any atom is 0.258 e. The maximum absolute atomic E-state index is 14.5. The van der Waals surface area contributed by atoms with Gasteiger partial charge in [0, 0.05) is 43.0 Å². The first-order valence-corrected chi connectivity index (χ1v) is 20.2. The Bertz CT molecular complexity index is 2230. The molecule has 0 bridgehead atoms. The minimum Gasteiger partial charge on any atom is -0.347 e. The average molecular weight is 778 g/mol. The van der Waals surface area contributed by atoms with Crippen LogP contribution in [-0.4, -0.2) is 39.3 Å². The molecule has 298 valence electrons. The van der Waals surface area contributed by atoms with Crippen LogP contribution in [-0.2, 0) is 33.9 Å². The van der Waals surface area contributed by atoms with Gasteiger partial charge in [0.2, 0.25) is 5.91 Å². The van der Waals surface area contributed by atoms with Gasteiger partial charge in [0.25, 0.3) is 5.91 Å². The highest BCUT2D eigenvalue weighted by molar-refractivity contribution is 6.12. The molecule has 6 aromatic rings. The molecule has 1 fully saturated rings. The van der Waals surface area contributed by atoms with Crippen molar-refractivity contribution in [3.05, 3.63) is 174 Å². The minimum atomic E-state index is -0.926. The summed E-state index contributed by atoms with van der Waals surface area (Å²) in [7, 11) is 0. The first-order valence-electron chi connectivity index (χ1n) is 20.2. The Morgan fingerprint density at radius 1 is 0.741 bits per heavy atom. The molecule has 8 heteroatoms. The molecule has 5 aromatic carbocycles. The predicted octanol–water partition coefficient (Wildman–Crippen LogP) is 11.3. The molecule has 1 aliphatic rings. The SMILES string of the molecule is CC(C)c1c(C(=O)Nc2ccccc2)c(-c2ccccc2)c(-c2ccc(F)cc2)n1CCC1CC(CC(=O)N(Cc2ccccc2)Cc2ccccc2)OC(C)(C)O1. The summed E-state index contributed by atoms with van der Waals surface area (Å²) in [6.07, 6.45) is 0.714. The summed E-state index contributed by atoms with van der Waals surface area (Å²) < 4.78 is 29.7. The Labute approximate surface area is 341 Å². The smallest absolute Gasteiger partial charge is 0.258 e. The molecular formula is C50H52FN3O4. The number of hydrogen-bond donors (Lipinski definition) is 1. The van der Waals surface area contributed by atoms with Gasteiger partial charge in [0.15, 0.2) is 5.79 Å². The molecule has 2 heterocycles. The number of anilines is 1. The van der Waals surface area contributed by atoms with Crippen molar-refractivity contribution >= 4 is 17.5 Å². The lowest BCUT2D eigenvalue weighted by Gasteiger charge is -2.41. The normalized spacial score (nSPS) is 16.2. The second kappa shape index (κ2) is 18.2. The summed E-state index contributed by atoms with van der Waals surface area (Å²) in [6, 6.07) is 46.0. The Morgan fingerprint density at radius 2 is 1.28 bits per heavy atom. The molecule has 1 aromatic heterocycles. The number of para-hydroxylation sites is 1. The van der Waals surface area contributed by atoms with Gasteiger partial charge in [0.1, 0.15) is 5.82 Å². The number of carbonyl (C=O) groups excluding carboxylic acids is 2. The van der Waals surface area contributed by atoms with E-state index in [1.807, 2.05) is 140 Å². The van der Waals surface area contributed by atoms with Gasteiger partial charge in [-0.15, -0.1) is 0 Å². The van der Waals surface area contributed by atoms with Crippen LogP contribution in [0.25, 0.3) is 22.4 Å². The minimum absolute atomic E-state index is 0.0156. The topological polar surface area (TPSA) is 72.8 Å². The molecule has 2 amide bonds. The first-order chi connectivity index (χ1) is 28.0. The van der Waals surface area contributed by atoms with Crippen molar-refractivity contribution in [2.75, 3.05) is 5.32 Å². The second-order valence-electron chi connectivity index (χ2n) is 15.8. The van der Waals surface area contributed by atoms with Crippen LogP contribution in [0.3, 0.4) is 0 Å². The van der Waals surface area contributed by atoms with Gasteiger partial charge in [-0.05, 0) is 84.8 Å². The number of benzene rings is 5. The van der Waals surface area contributed by atoms with Crippen LogP contribution >= 0.6 is 0 Å². The highest BCUT2D eigenvalue weighted by Crippen LogP contribution is 2.43. The van der Waals surface area contributed by atoms with Crippen molar-refractivity contribution in [1.82, 2.24) is 9.47 Å². The zero-order valence-electron chi connectivity index (χ0n) is 33.7. The van der Waals surface area contributed by atoms with Crippen LogP contribution in [0, 0.1) is 5.82 Å². The monoisotopic (exact) mass is 777 g/mol. The van der Waals surface area contributed by atoms with Crippen molar-refractivity contribution in [2.24, 2.45) is 0 Å². The van der Waals surface area contributed by atoms with Crippen molar-refractivity contribution < 1.29 is 23.5 Å². The van der Waals surface area contributed by atoms with E-state index < -0.39 is 5.79 Å². The number of rotatable bonds is 14. The molecule has 0 radical (unpaired) electrons. The van der Waals surface area contributed by atoms with Gasteiger partial charge < -0.3 is 24.3 Å². The molecule has 7 nitrogen and oxygen atoms in total. The van der Waals surface area contributed by atoms with E-state index in [1.165, 1.54) is 12.1 Å². The summed E-state index contributed by atoms with van der Waals surface area (Å²) in [6.45, 7) is 9.50. The molecule has 0 aliphatic carbocycles. The molecule has 7 rings (SSSR count). The number of amides is 2. The van der Waals surface area contributed by atoms with E-state index in [0.29, 0.717) is 43.7 Å². The van der Waals surface area contributed by atoms with Crippen LogP contribution in [0.15, 0.2) is 146 Å². The highest BCUT2D eigenvalue weighted by Gasteiger charge is 2.38. The van der Waals surface area contributed by atoms with Gasteiger partial charge in [-0.3, -0.25) is 9.59 Å². The highest BCUT2D eigenvalue weighted by atomic mass is 19.1. The third-order valence-electron chi connectivity index (χ3n) is 10.6.